The summed E-state index contributed by atoms with van der Waals surface area (Å²) in [6.45, 7) is 0. The van der Waals surface area contributed by atoms with Gasteiger partial charge in [-0.2, -0.15) is 13.2 Å². The van der Waals surface area contributed by atoms with E-state index in [2.05, 4.69) is 4.74 Å². The molecule has 0 aliphatic rings. The van der Waals surface area contributed by atoms with Gasteiger partial charge in [-0.1, -0.05) is 12.1 Å². The molecular formula is C13H9F3O3. The smallest absolute Gasteiger partial charge is 0.416 e. The van der Waals surface area contributed by atoms with Crippen molar-refractivity contribution in [2.24, 2.45) is 0 Å². The van der Waals surface area contributed by atoms with Crippen molar-refractivity contribution in [3.05, 3.63) is 47.9 Å². The number of hydrogen-bond donors (Lipinski definition) is 0. The number of alkyl halides is 3. The van der Waals surface area contributed by atoms with Crippen LogP contribution >= 0.6 is 0 Å². The second kappa shape index (κ2) is 4.79. The molecule has 0 aliphatic carbocycles. The Morgan fingerprint density at radius 3 is 2.32 bits per heavy atom. The zero-order valence-electron chi connectivity index (χ0n) is 9.82. The van der Waals surface area contributed by atoms with E-state index >= 15 is 0 Å². The number of benzene rings is 1. The van der Waals surface area contributed by atoms with Gasteiger partial charge in [-0.15, -0.1) is 0 Å². The van der Waals surface area contributed by atoms with Crippen LogP contribution in [0.15, 0.2) is 41.0 Å². The Bertz CT molecular complexity index is 582. The van der Waals surface area contributed by atoms with Gasteiger partial charge in [-0.05, 0) is 23.8 Å². The predicted molar refractivity (Wildman–Crippen MR) is 60.5 cm³/mol. The molecule has 0 amide bonds. The van der Waals surface area contributed by atoms with Crippen molar-refractivity contribution in [1.29, 1.82) is 0 Å². The monoisotopic (exact) mass is 270 g/mol. The largest absolute Gasteiger partial charge is 0.463 e. The first-order valence-electron chi connectivity index (χ1n) is 5.26. The van der Waals surface area contributed by atoms with E-state index in [4.69, 9.17) is 4.42 Å². The van der Waals surface area contributed by atoms with Crippen LogP contribution in [0.4, 0.5) is 13.2 Å². The number of carbonyl (C=O) groups excluding carboxylic acids is 1. The van der Waals surface area contributed by atoms with E-state index in [9.17, 15) is 18.0 Å². The molecule has 0 saturated carbocycles. The molecular weight excluding hydrogens is 261 g/mol. The average molecular weight is 270 g/mol. The first-order chi connectivity index (χ1) is 8.91. The summed E-state index contributed by atoms with van der Waals surface area (Å²) in [6.07, 6.45) is -3.08. The van der Waals surface area contributed by atoms with Crippen LogP contribution in [-0.2, 0) is 10.9 Å². The minimum atomic E-state index is -4.37. The fraction of sp³-hybridized carbons (Fsp3) is 0.154. The molecule has 0 N–H and O–H groups in total. The fourth-order valence-electron chi connectivity index (χ4n) is 1.55. The van der Waals surface area contributed by atoms with Crippen LogP contribution < -0.4 is 0 Å². The van der Waals surface area contributed by atoms with Gasteiger partial charge in [0.25, 0.3) is 0 Å². The molecule has 0 spiro atoms. The molecule has 100 valence electrons. The van der Waals surface area contributed by atoms with Gasteiger partial charge in [0, 0.05) is 5.56 Å². The van der Waals surface area contributed by atoms with Crippen LogP contribution in [0.1, 0.15) is 16.1 Å². The van der Waals surface area contributed by atoms with Crippen molar-refractivity contribution >= 4 is 5.97 Å². The standard InChI is InChI=1S/C13H9F3O3/c1-18-12(17)11-6-9(7-19-11)8-2-4-10(5-3-8)13(14,15)16/h2-7H,1H3. The van der Waals surface area contributed by atoms with Gasteiger partial charge in [0.2, 0.25) is 5.76 Å². The lowest BCUT2D eigenvalue weighted by Gasteiger charge is -2.06. The van der Waals surface area contributed by atoms with Crippen molar-refractivity contribution in [2.75, 3.05) is 7.11 Å². The number of hydrogen-bond acceptors (Lipinski definition) is 3. The average Bonchev–Trinajstić information content (AvgIpc) is 2.86. The second-order valence-electron chi connectivity index (χ2n) is 3.77. The molecule has 3 nitrogen and oxygen atoms in total. The fourth-order valence-corrected chi connectivity index (χ4v) is 1.55. The Labute approximate surface area is 106 Å². The molecule has 2 aromatic rings. The van der Waals surface area contributed by atoms with Gasteiger partial charge in [-0.3, -0.25) is 0 Å². The lowest BCUT2D eigenvalue weighted by atomic mass is 10.1. The van der Waals surface area contributed by atoms with Gasteiger partial charge in [0.15, 0.2) is 0 Å². The third-order valence-corrected chi connectivity index (χ3v) is 2.53. The zero-order chi connectivity index (χ0) is 14.0. The number of carbonyl (C=O) groups is 1. The number of furan rings is 1. The van der Waals surface area contributed by atoms with Gasteiger partial charge < -0.3 is 9.15 Å². The summed E-state index contributed by atoms with van der Waals surface area (Å²) in [5.41, 5.74) is 0.300. The first-order valence-corrected chi connectivity index (χ1v) is 5.26. The minimum Gasteiger partial charge on any atom is -0.463 e. The zero-order valence-corrected chi connectivity index (χ0v) is 9.82. The lowest BCUT2D eigenvalue weighted by molar-refractivity contribution is -0.137. The van der Waals surface area contributed by atoms with E-state index in [0.717, 1.165) is 12.1 Å². The molecule has 0 aliphatic heterocycles. The topological polar surface area (TPSA) is 39.4 Å². The summed E-state index contributed by atoms with van der Waals surface area (Å²) in [7, 11) is 1.21. The third kappa shape index (κ3) is 2.78. The maximum absolute atomic E-state index is 12.4. The van der Waals surface area contributed by atoms with Crippen molar-refractivity contribution < 1.29 is 27.1 Å². The molecule has 0 unspecified atom stereocenters. The number of esters is 1. The molecule has 1 aromatic heterocycles. The molecule has 0 atom stereocenters. The molecule has 0 saturated heterocycles. The summed E-state index contributed by atoms with van der Waals surface area (Å²) >= 11 is 0. The van der Waals surface area contributed by atoms with E-state index in [1.54, 1.807) is 0 Å². The van der Waals surface area contributed by atoms with Crippen LogP contribution in [0.3, 0.4) is 0 Å². The highest BCUT2D eigenvalue weighted by Gasteiger charge is 2.30. The predicted octanol–water partition coefficient (Wildman–Crippen LogP) is 3.75. The van der Waals surface area contributed by atoms with Crippen molar-refractivity contribution in [1.82, 2.24) is 0 Å². The Kier molecular flexibility index (Phi) is 3.33. The lowest BCUT2D eigenvalue weighted by Crippen LogP contribution is -2.03. The van der Waals surface area contributed by atoms with E-state index in [0.29, 0.717) is 11.1 Å². The van der Waals surface area contributed by atoms with Gasteiger partial charge >= 0.3 is 12.1 Å². The molecule has 19 heavy (non-hydrogen) atoms. The van der Waals surface area contributed by atoms with Crippen LogP contribution in [0.2, 0.25) is 0 Å². The second-order valence-corrected chi connectivity index (χ2v) is 3.77. The Morgan fingerprint density at radius 2 is 1.79 bits per heavy atom. The summed E-state index contributed by atoms with van der Waals surface area (Å²) in [6, 6.07) is 5.98. The Hall–Kier alpha value is -2.24. The van der Waals surface area contributed by atoms with Crippen LogP contribution in [0.5, 0.6) is 0 Å². The van der Waals surface area contributed by atoms with E-state index in [1.807, 2.05) is 0 Å². The molecule has 0 fully saturated rings. The molecule has 6 heteroatoms. The van der Waals surface area contributed by atoms with Gasteiger partial charge in [0.05, 0.1) is 18.9 Å². The molecule has 1 heterocycles. The summed E-state index contributed by atoms with van der Waals surface area (Å²) in [4.78, 5) is 11.2. The Morgan fingerprint density at radius 1 is 1.16 bits per heavy atom. The SMILES string of the molecule is COC(=O)c1cc(-c2ccc(C(F)(F)F)cc2)co1. The number of methoxy groups -OCH3 is 1. The van der Waals surface area contributed by atoms with E-state index in [-0.39, 0.29) is 5.76 Å². The van der Waals surface area contributed by atoms with Crippen molar-refractivity contribution in [3.8, 4) is 11.1 Å². The maximum Gasteiger partial charge on any atom is 0.416 e. The Balaban J connectivity index is 2.28. The summed E-state index contributed by atoms with van der Waals surface area (Å²) < 4.78 is 46.6. The normalized spacial score (nSPS) is 11.4. The van der Waals surface area contributed by atoms with E-state index in [1.165, 1.54) is 31.6 Å². The van der Waals surface area contributed by atoms with Crippen LogP contribution in [0, 0.1) is 0 Å². The van der Waals surface area contributed by atoms with Gasteiger partial charge in [-0.25, -0.2) is 4.79 Å². The highest BCUT2D eigenvalue weighted by atomic mass is 19.4. The van der Waals surface area contributed by atoms with Crippen molar-refractivity contribution in [2.45, 2.75) is 6.18 Å². The maximum atomic E-state index is 12.4. The molecule has 2 rings (SSSR count). The molecule has 0 radical (unpaired) electrons. The number of ether oxygens (including phenoxy) is 1. The molecule has 1 aromatic carbocycles. The van der Waals surface area contributed by atoms with Gasteiger partial charge in [0.1, 0.15) is 0 Å². The highest BCUT2D eigenvalue weighted by molar-refractivity contribution is 5.88. The summed E-state index contributed by atoms with van der Waals surface area (Å²) in [5, 5.41) is 0. The van der Waals surface area contributed by atoms with Crippen LogP contribution in [-0.4, -0.2) is 13.1 Å². The number of halogens is 3. The molecule has 0 bridgehead atoms. The first kappa shape index (κ1) is 13.2. The van der Waals surface area contributed by atoms with E-state index < -0.39 is 17.7 Å². The van der Waals surface area contributed by atoms with Crippen molar-refractivity contribution in [3.63, 3.8) is 0 Å². The number of rotatable bonds is 2. The third-order valence-electron chi connectivity index (χ3n) is 2.53. The van der Waals surface area contributed by atoms with Crippen LogP contribution in [0.25, 0.3) is 11.1 Å². The highest BCUT2D eigenvalue weighted by Crippen LogP contribution is 2.31. The summed E-state index contributed by atoms with van der Waals surface area (Å²) in [5.74, 6) is -0.643. The quantitative estimate of drug-likeness (QED) is 0.780. The minimum absolute atomic E-state index is 0.00241.